The maximum Gasteiger partial charge on any atom is 0.0641 e. The van der Waals surface area contributed by atoms with Gasteiger partial charge in [-0.05, 0) is 52.9 Å². The molecule has 0 aliphatic carbocycles. The Balaban J connectivity index is 1.46. The Morgan fingerprint density at radius 2 is 0.905 bits per heavy atom. The zero-order valence-corrected chi connectivity index (χ0v) is 22.9. The van der Waals surface area contributed by atoms with E-state index in [0.717, 1.165) is 5.69 Å². The summed E-state index contributed by atoms with van der Waals surface area (Å²) in [5, 5.41) is 7.59. The van der Waals surface area contributed by atoms with Crippen LogP contribution in [0.25, 0.3) is 76.9 Å². The van der Waals surface area contributed by atoms with Gasteiger partial charge < -0.3 is 9.13 Å². The summed E-state index contributed by atoms with van der Waals surface area (Å²) in [6, 6.07) is 57.1. The molecule has 0 fully saturated rings. The van der Waals surface area contributed by atoms with Crippen LogP contribution in [0.1, 0.15) is 0 Å². The Morgan fingerprint density at radius 1 is 0.310 bits per heavy atom. The van der Waals surface area contributed by atoms with Crippen LogP contribution in [0.5, 0.6) is 0 Å². The van der Waals surface area contributed by atoms with Gasteiger partial charge >= 0.3 is 0 Å². The van der Waals surface area contributed by atoms with Crippen LogP contribution in [-0.2, 0) is 0 Å². The molecule has 2 nitrogen and oxygen atoms in total. The van der Waals surface area contributed by atoms with Crippen LogP contribution >= 0.6 is 0 Å². The second kappa shape index (κ2) is 8.95. The van der Waals surface area contributed by atoms with Crippen molar-refractivity contribution in [1.29, 1.82) is 0 Å². The predicted molar refractivity (Wildman–Crippen MR) is 178 cm³/mol. The Hall–Kier alpha value is -5.60. The highest BCUT2D eigenvalue weighted by Gasteiger charge is 2.21. The molecule has 0 atom stereocenters. The van der Waals surface area contributed by atoms with Crippen molar-refractivity contribution in [3.63, 3.8) is 0 Å². The summed E-state index contributed by atoms with van der Waals surface area (Å²) >= 11 is 0. The quantitative estimate of drug-likeness (QED) is 0.213. The molecule has 0 spiro atoms. The molecule has 196 valence electrons. The molecule has 0 unspecified atom stereocenters. The van der Waals surface area contributed by atoms with Crippen molar-refractivity contribution in [2.24, 2.45) is 0 Å². The Labute approximate surface area is 243 Å². The normalized spacial score (nSPS) is 11.8. The van der Waals surface area contributed by atoms with Gasteiger partial charge in [-0.3, -0.25) is 0 Å². The summed E-state index contributed by atoms with van der Waals surface area (Å²) in [6.07, 6.45) is 0. The van der Waals surface area contributed by atoms with Crippen LogP contribution in [0.4, 0.5) is 0 Å². The van der Waals surface area contributed by atoms with Crippen LogP contribution < -0.4 is 0 Å². The molecule has 0 saturated carbocycles. The molecule has 2 heterocycles. The van der Waals surface area contributed by atoms with Crippen LogP contribution in [0.3, 0.4) is 0 Å². The van der Waals surface area contributed by atoms with Crippen LogP contribution in [0.15, 0.2) is 158 Å². The van der Waals surface area contributed by atoms with Crippen molar-refractivity contribution >= 4 is 54.4 Å². The van der Waals surface area contributed by atoms with E-state index in [1.807, 2.05) is 0 Å². The number of fused-ring (bicyclic) bond motifs is 9. The fourth-order valence-electron chi connectivity index (χ4n) is 6.86. The third kappa shape index (κ3) is 3.27. The van der Waals surface area contributed by atoms with Gasteiger partial charge in [-0.2, -0.15) is 0 Å². The zero-order valence-electron chi connectivity index (χ0n) is 22.9. The first-order valence-electron chi connectivity index (χ1n) is 14.5. The molecule has 0 radical (unpaired) electrons. The number of para-hydroxylation sites is 2. The van der Waals surface area contributed by atoms with E-state index in [-0.39, 0.29) is 0 Å². The second-order valence-corrected chi connectivity index (χ2v) is 11.0. The SMILES string of the molecule is c1ccc(-c2ccc(-n3c4ccc5c6ccccc6n(-c6ccccc6)c5c4c4ccc5ccccc5c43)cc2)cc1. The standard InChI is InChI=1S/C40H26N2/c1-3-11-27(12-4-1)28-19-22-31(23-20-28)42-37-26-25-34-33-17-9-10-18-36(33)41(30-14-5-2-6-15-30)40(34)38(37)35-24-21-29-13-7-8-16-32(29)39(35)42/h1-26H. The van der Waals surface area contributed by atoms with Gasteiger partial charge in [0.25, 0.3) is 0 Å². The van der Waals surface area contributed by atoms with Gasteiger partial charge in [0, 0.05) is 38.3 Å². The minimum atomic E-state index is 1.16. The third-order valence-corrected chi connectivity index (χ3v) is 8.70. The van der Waals surface area contributed by atoms with Gasteiger partial charge in [-0.15, -0.1) is 0 Å². The van der Waals surface area contributed by atoms with Gasteiger partial charge in [0.2, 0.25) is 0 Å². The summed E-state index contributed by atoms with van der Waals surface area (Å²) < 4.78 is 4.92. The number of hydrogen-bond donors (Lipinski definition) is 0. The molecule has 7 aromatic carbocycles. The van der Waals surface area contributed by atoms with Crippen molar-refractivity contribution in [3.8, 4) is 22.5 Å². The maximum absolute atomic E-state index is 2.47. The smallest absolute Gasteiger partial charge is 0.0641 e. The monoisotopic (exact) mass is 534 g/mol. The summed E-state index contributed by atoms with van der Waals surface area (Å²) in [4.78, 5) is 0. The fraction of sp³-hybridized carbons (Fsp3) is 0. The maximum atomic E-state index is 2.47. The number of aromatic nitrogens is 2. The molecule has 2 aromatic heterocycles. The average molecular weight is 535 g/mol. The van der Waals surface area contributed by atoms with Crippen molar-refractivity contribution in [1.82, 2.24) is 9.13 Å². The molecule has 9 aromatic rings. The lowest BCUT2D eigenvalue weighted by molar-refractivity contribution is 1.18. The highest BCUT2D eigenvalue weighted by Crippen LogP contribution is 2.43. The van der Waals surface area contributed by atoms with Crippen LogP contribution in [0.2, 0.25) is 0 Å². The predicted octanol–water partition coefficient (Wildman–Crippen LogP) is 10.7. The van der Waals surface area contributed by atoms with Gasteiger partial charge in [-0.25, -0.2) is 0 Å². The van der Waals surface area contributed by atoms with Gasteiger partial charge in [-0.1, -0.05) is 121 Å². The fourth-order valence-corrected chi connectivity index (χ4v) is 6.86. The van der Waals surface area contributed by atoms with E-state index in [9.17, 15) is 0 Å². The molecule has 42 heavy (non-hydrogen) atoms. The first-order valence-corrected chi connectivity index (χ1v) is 14.5. The highest BCUT2D eigenvalue weighted by molar-refractivity contribution is 6.29. The first kappa shape index (κ1) is 23.1. The summed E-state index contributed by atoms with van der Waals surface area (Å²) in [6.45, 7) is 0. The van der Waals surface area contributed by atoms with E-state index in [1.165, 1.54) is 71.2 Å². The van der Waals surface area contributed by atoms with E-state index in [0.29, 0.717) is 0 Å². The molecule has 0 N–H and O–H groups in total. The van der Waals surface area contributed by atoms with Crippen LogP contribution in [-0.4, -0.2) is 9.13 Å². The molecule has 0 aliphatic rings. The molecule has 0 amide bonds. The topological polar surface area (TPSA) is 9.86 Å². The Bertz CT molecular complexity index is 2430. The summed E-state index contributed by atoms with van der Waals surface area (Å²) in [5.41, 5.74) is 9.70. The number of nitrogens with zero attached hydrogens (tertiary/aromatic N) is 2. The van der Waals surface area contributed by atoms with E-state index in [4.69, 9.17) is 0 Å². The van der Waals surface area contributed by atoms with Gasteiger partial charge in [0.15, 0.2) is 0 Å². The van der Waals surface area contributed by atoms with E-state index in [1.54, 1.807) is 0 Å². The van der Waals surface area contributed by atoms with Crippen molar-refractivity contribution in [3.05, 3.63) is 158 Å². The lowest BCUT2D eigenvalue weighted by Gasteiger charge is -2.11. The van der Waals surface area contributed by atoms with E-state index < -0.39 is 0 Å². The van der Waals surface area contributed by atoms with E-state index >= 15 is 0 Å². The molecular formula is C40H26N2. The lowest BCUT2D eigenvalue weighted by Crippen LogP contribution is -1.95. The lowest BCUT2D eigenvalue weighted by atomic mass is 10.0. The summed E-state index contributed by atoms with van der Waals surface area (Å²) in [7, 11) is 0. The molecule has 2 heteroatoms. The third-order valence-electron chi connectivity index (χ3n) is 8.70. The zero-order chi connectivity index (χ0) is 27.6. The first-order chi connectivity index (χ1) is 20.9. The largest absolute Gasteiger partial charge is 0.309 e. The molecule has 9 rings (SSSR count). The van der Waals surface area contributed by atoms with Crippen molar-refractivity contribution in [2.45, 2.75) is 0 Å². The number of hydrogen-bond acceptors (Lipinski definition) is 0. The number of rotatable bonds is 3. The highest BCUT2D eigenvalue weighted by atomic mass is 15.0. The van der Waals surface area contributed by atoms with Crippen molar-refractivity contribution < 1.29 is 0 Å². The minimum Gasteiger partial charge on any atom is -0.309 e. The van der Waals surface area contributed by atoms with Crippen LogP contribution in [0, 0.1) is 0 Å². The van der Waals surface area contributed by atoms with Crippen molar-refractivity contribution in [2.75, 3.05) is 0 Å². The van der Waals surface area contributed by atoms with E-state index in [2.05, 4.69) is 167 Å². The summed E-state index contributed by atoms with van der Waals surface area (Å²) in [5.74, 6) is 0. The van der Waals surface area contributed by atoms with Gasteiger partial charge in [0.05, 0.1) is 22.1 Å². The molecule has 0 bridgehead atoms. The molecule has 0 aliphatic heterocycles. The number of benzene rings is 7. The van der Waals surface area contributed by atoms with Gasteiger partial charge in [0.1, 0.15) is 0 Å². The molecular weight excluding hydrogens is 508 g/mol. The average Bonchev–Trinajstić information content (AvgIpc) is 3.59. The Kier molecular flexibility index (Phi) is 4.93. The molecule has 0 saturated heterocycles. The second-order valence-electron chi connectivity index (χ2n) is 11.0. The minimum absolute atomic E-state index is 1.16. The Morgan fingerprint density at radius 3 is 1.71 bits per heavy atom.